The first kappa shape index (κ1) is 21.4. The minimum Gasteiger partial charge on any atom is -0.480 e. The zero-order valence-corrected chi connectivity index (χ0v) is 18.4. The van der Waals surface area contributed by atoms with E-state index in [0.717, 1.165) is 28.5 Å². The smallest absolute Gasteiger partial charge is 0.254 e. The Morgan fingerprint density at radius 3 is 2.66 bits per heavy atom. The Balaban J connectivity index is 1.69. The van der Waals surface area contributed by atoms with E-state index in [1.165, 1.54) is 7.11 Å². The van der Waals surface area contributed by atoms with Crippen molar-refractivity contribution in [1.82, 2.24) is 20.1 Å². The molecule has 32 heavy (non-hydrogen) atoms. The van der Waals surface area contributed by atoms with E-state index in [1.807, 2.05) is 38.3 Å². The number of carbonyl (C=O) groups excluding carboxylic acids is 1. The molecule has 3 aromatic rings. The number of benzene rings is 1. The van der Waals surface area contributed by atoms with E-state index in [4.69, 9.17) is 10.5 Å². The number of pyridine rings is 1. The van der Waals surface area contributed by atoms with Crippen LogP contribution >= 0.6 is 0 Å². The number of fused-ring (bicyclic) bond motifs is 1. The molecule has 2 N–H and O–H groups in total. The zero-order valence-electron chi connectivity index (χ0n) is 18.4. The topological polar surface area (TPSA) is 119 Å². The molecule has 1 aliphatic heterocycles. The molecule has 4 rings (SSSR count). The Labute approximate surface area is 186 Å². The van der Waals surface area contributed by atoms with Gasteiger partial charge in [0.25, 0.3) is 5.91 Å². The molecule has 0 radical (unpaired) electrons. The average molecular weight is 432 g/mol. The highest BCUT2D eigenvalue weighted by molar-refractivity contribution is 6.02. The molecule has 0 saturated heterocycles. The van der Waals surface area contributed by atoms with Crippen LogP contribution in [0, 0.1) is 13.8 Å². The molecule has 0 spiro atoms. The van der Waals surface area contributed by atoms with Gasteiger partial charge in [-0.25, -0.2) is 9.98 Å². The Kier molecular flexibility index (Phi) is 6.07. The highest BCUT2D eigenvalue weighted by Gasteiger charge is 2.22. The van der Waals surface area contributed by atoms with Crippen molar-refractivity contribution in [2.75, 3.05) is 25.9 Å². The van der Waals surface area contributed by atoms with Crippen LogP contribution in [0.5, 0.6) is 5.88 Å². The Morgan fingerprint density at radius 1 is 1.12 bits per heavy atom. The molecule has 164 valence electrons. The number of aliphatic imine (C=N–C) groups is 2. The zero-order chi connectivity index (χ0) is 22.7. The first-order valence-corrected chi connectivity index (χ1v) is 10.3. The van der Waals surface area contributed by atoms with Crippen molar-refractivity contribution in [3.8, 4) is 5.88 Å². The minimum atomic E-state index is -0.139. The average Bonchev–Trinajstić information content (AvgIpc) is 2.80. The summed E-state index contributed by atoms with van der Waals surface area (Å²) in [6.07, 6.45) is 2.64. The van der Waals surface area contributed by atoms with Gasteiger partial charge in [-0.2, -0.15) is 5.10 Å². The summed E-state index contributed by atoms with van der Waals surface area (Å²) in [5.74, 6) is 1.39. The summed E-state index contributed by atoms with van der Waals surface area (Å²) in [6.45, 7) is 5.01. The third kappa shape index (κ3) is 4.56. The Bertz CT molecular complexity index is 1220. The summed E-state index contributed by atoms with van der Waals surface area (Å²) in [7, 11) is 1.53. The van der Waals surface area contributed by atoms with Crippen molar-refractivity contribution >= 4 is 34.7 Å². The Hall–Kier alpha value is -3.88. The van der Waals surface area contributed by atoms with Gasteiger partial charge in [0, 0.05) is 36.2 Å². The summed E-state index contributed by atoms with van der Waals surface area (Å²) < 4.78 is 5.08. The van der Waals surface area contributed by atoms with Crippen LogP contribution in [0.15, 0.2) is 40.3 Å². The van der Waals surface area contributed by atoms with E-state index in [1.54, 1.807) is 17.0 Å². The van der Waals surface area contributed by atoms with Crippen LogP contribution in [0.1, 0.15) is 33.6 Å². The fourth-order valence-electron chi connectivity index (χ4n) is 3.51. The maximum Gasteiger partial charge on any atom is 0.254 e. The van der Waals surface area contributed by atoms with Crippen molar-refractivity contribution in [1.29, 1.82) is 0 Å². The lowest BCUT2D eigenvalue weighted by molar-refractivity contribution is 0.0765. The van der Waals surface area contributed by atoms with Gasteiger partial charge in [0.2, 0.25) is 5.88 Å². The number of nitrogen functional groups attached to an aromatic ring is 1. The second kappa shape index (κ2) is 9.09. The molecule has 0 saturated carbocycles. The number of nitrogens with zero attached hydrogens (tertiary/aromatic N) is 6. The third-order valence-corrected chi connectivity index (χ3v) is 5.29. The molecule has 3 heterocycles. The summed E-state index contributed by atoms with van der Waals surface area (Å²) in [6, 6.07) is 9.22. The van der Waals surface area contributed by atoms with Crippen molar-refractivity contribution in [2.24, 2.45) is 9.98 Å². The van der Waals surface area contributed by atoms with E-state index in [0.29, 0.717) is 35.3 Å². The SMILES string of the molecule is COc1ccc(CN(CC2=NCCC=N2)C(=O)c2cc3cc(C)c(N)nc3cc2C)nn1. The molecule has 0 unspecified atom stereocenters. The number of aryl methyl sites for hydroxylation is 2. The van der Waals surface area contributed by atoms with Crippen LogP contribution in [0.4, 0.5) is 5.82 Å². The number of hydrogen-bond acceptors (Lipinski definition) is 8. The predicted octanol–water partition coefficient (Wildman–Crippen LogP) is 2.75. The number of ether oxygens (including phenoxy) is 1. The number of methoxy groups -OCH3 is 1. The number of amidine groups is 1. The van der Waals surface area contributed by atoms with E-state index in [9.17, 15) is 4.79 Å². The van der Waals surface area contributed by atoms with Crippen LogP contribution in [-0.4, -0.2) is 58.2 Å². The lowest BCUT2D eigenvalue weighted by atomic mass is 10.0. The third-order valence-electron chi connectivity index (χ3n) is 5.29. The first-order valence-electron chi connectivity index (χ1n) is 10.3. The number of carbonyl (C=O) groups is 1. The molecule has 9 nitrogen and oxygen atoms in total. The van der Waals surface area contributed by atoms with Gasteiger partial charge in [-0.3, -0.25) is 9.79 Å². The summed E-state index contributed by atoms with van der Waals surface area (Å²) >= 11 is 0. The summed E-state index contributed by atoms with van der Waals surface area (Å²) in [4.78, 5) is 28.6. The molecule has 0 fully saturated rings. The molecule has 0 bridgehead atoms. The molecule has 0 aliphatic carbocycles. The molecule has 1 amide bonds. The molecule has 9 heteroatoms. The van der Waals surface area contributed by atoms with Crippen molar-refractivity contribution in [2.45, 2.75) is 26.8 Å². The monoisotopic (exact) mass is 431 g/mol. The quantitative estimate of drug-likeness (QED) is 0.641. The van der Waals surface area contributed by atoms with Gasteiger partial charge >= 0.3 is 0 Å². The van der Waals surface area contributed by atoms with Gasteiger partial charge in [-0.15, -0.1) is 5.10 Å². The van der Waals surface area contributed by atoms with Crippen LogP contribution in [-0.2, 0) is 6.54 Å². The second-order valence-corrected chi connectivity index (χ2v) is 7.68. The van der Waals surface area contributed by atoms with Crippen molar-refractivity contribution in [3.63, 3.8) is 0 Å². The molecular formula is C23H25N7O2. The van der Waals surface area contributed by atoms with E-state index < -0.39 is 0 Å². The molecule has 1 aliphatic rings. The van der Waals surface area contributed by atoms with Gasteiger partial charge in [0.15, 0.2) is 0 Å². The van der Waals surface area contributed by atoms with Crippen molar-refractivity contribution in [3.05, 3.63) is 52.7 Å². The minimum absolute atomic E-state index is 0.139. The fraction of sp³-hybridized carbons (Fsp3) is 0.304. The predicted molar refractivity (Wildman–Crippen MR) is 124 cm³/mol. The fourth-order valence-corrected chi connectivity index (χ4v) is 3.51. The van der Waals surface area contributed by atoms with Gasteiger partial charge < -0.3 is 15.4 Å². The number of hydrogen-bond donors (Lipinski definition) is 1. The number of aromatic nitrogens is 3. The second-order valence-electron chi connectivity index (χ2n) is 7.68. The van der Waals surface area contributed by atoms with Crippen LogP contribution in [0.25, 0.3) is 10.9 Å². The van der Waals surface area contributed by atoms with Gasteiger partial charge in [0.05, 0.1) is 31.4 Å². The lowest BCUT2D eigenvalue weighted by Gasteiger charge is -2.24. The number of anilines is 1. The summed E-state index contributed by atoms with van der Waals surface area (Å²) in [5.41, 5.74) is 9.64. The maximum atomic E-state index is 13.7. The Morgan fingerprint density at radius 2 is 1.97 bits per heavy atom. The van der Waals surface area contributed by atoms with Gasteiger partial charge in [-0.1, -0.05) is 0 Å². The van der Waals surface area contributed by atoms with Gasteiger partial charge in [-0.05, 0) is 49.2 Å². The maximum absolute atomic E-state index is 13.7. The molecule has 2 aromatic heterocycles. The van der Waals surface area contributed by atoms with Gasteiger partial charge in [0.1, 0.15) is 11.7 Å². The van der Waals surface area contributed by atoms with Crippen molar-refractivity contribution < 1.29 is 9.53 Å². The normalized spacial score (nSPS) is 13.2. The molecule has 1 aromatic carbocycles. The van der Waals surface area contributed by atoms with Crippen LogP contribution in [0.3, 0.4) is 0 Å². The van der Waals surface area contributed by atoms with E-state index >= 15 is 0 Å². The van der Waals surface area contributed by atoms with E-state index in [2.05, 4.69) is 25.2 Å². The number of amides is 1. The summed E-state index contributed by atoms with van der Waals surface area (Å²) in [5, 5.41) is 9.06. The lowest BCUT2D eigenvalue weighted by Crippen LogP contribution is -2.36. The highest BCUT2D eigenvalue weighted by Crippen LogP contribution is 2.23. The highest BCUT2D eigenvalue weighted by atomic mass is 16.5. The number of nitrogens with two attached hydrogens (primary N) is 1. The van der Waals surface area contributed by atoms with E-state index in [-0.39, 0.29) is 19.0 Å². The largest absolute Gasteiger partial charge is 0.480 e. The van der Waals surface area contributed by atoms with Crippen LogP contribution in [0.2, 0.25) is 0 Å². The standard InChI is InChI=1S/C23H25N7O2/c1-14-10-19-16(9-15(2)22(24)27-19)11-18(14)23(31)30(13-20-25-7-4-8-26-20)12-17-5-6-21(32-3)29-28-17/h5-7,9-11H,4,8,12-13H2,1-3H3,(H2,24,27). The molecular weight excluding hydrogens is 406 g/mol. The molecule has 0 atom stereocenters. The first-order chi connectivity index (χ1) is 15.4. The van der Waals surface area contributed by atoms with Crippen LogP contribution < -0.4 is 10.5 Å². The number of rotatable bonds is 6.